The maximum Gasteiger partial charge on any atom is 0.288 e. The lowest BCUT2D eigenvalue weighted by Crippen LogP contribution is -2.59. The van der Waals surface area contributed by atoms with Crippen molar-refractivity contribution in [2.75, 3.05) is 20.6 Å². The first-order valence-corrected chi connectivity index (χ1v) is 6.40. The quantitative estimate of drug-likeness (QED) is 0.461. The van der Waals surface area contributed by atoms with E-state index < -0.39 is 10.6 Å². The molecule has 1 aliphatic rings. The van der Waals surface area contributed by atoms with E-state index in [1.165, 1.54) is 6.08 Å². The zero-order valence-electron chi connectivity index (χ0n) is 12.3. The third kappa shape index (κ3) is 3.84. The molecule has 0 saturated carbocycles. The lowest BCUT2D eigenvalue weighted by Gasteiger charge is -2.34. The topological polar surface area (TPSA) is 120 Å². The predicted octanol–water partition coefficient (Wildman–Crippen LogP) is -0.0903. The van der Waals surface area contributed by atoms with E-state index in [2.05, 4.69) is 5.32 Å². The van der Waals surface area contributed by atoms with E-state index in [1.54, 1.807) is 0 Å². The molecule has 0 aliphatic carbocycles. The zero-order chi connectivity index (χ0) is 15.5. The van der Waals surface area contributed by atoms with Crippen LogP contribution in [0.2, 0.25) is 0 Å². The Hall–Kier alpha value is -1.80. The summed E-state index contributed by atoms with van der Waals surface area (Å²) in [6.07, 6.45) is 1.51. The Morgan fingerprint density at radius 1 is 1.55 bits per heavy atom. The molecular formula is C12H23N5O3. The highest BCUT2D eigenvalue weighted by molar-refractivity contribution is 5.32. The van der Waals surface area contributed by atoms with Crippen LogP contribution >= 0.6 is 0 Å². The van der Waals surface area contributed by atoms with E-state index in [1.807, 2.05) is 32.8 Å². The number of nitro groups is 1. The molecule has 1 unspecified atom stereocenters. The molecular weight excluding hydrogens is 262 g/mol. The van der Waals surface area contributed by atoms with Gasteiger partial charge in [-0.05, 0) is 27.9 Å². The van der Waals surface area contributed by atoms with Crippen LogP contribution < -0.4 is 16.8 Å². The van der Waals surface area contributed by atoms with Crippen LogP contribution in [0.15, 0.2) is 23.4 Å². The van der Waals surface area contributed by atoms with Crippen molar-refractivity contribution in [1.82, 2.24) is 10.2 Å². The van der Waals surface area contributed by atoms with Gasteiger partial charge >= 0.3 is 0 Å². The minimum absolute atomic E-state index is 0.111. The molecule has 0 bridgehead atoms. The minimum atomic E-state index is -1.30. The molecule has 8 heteroatoms. The summed E-state index contributed by atoms with van der Waals surface area (Å²) in [7, 11) is 3.74. The van der Waals surface area contributed by atoms with Crippen LogP contribution in [0, 0.1) is 10.1 Å². The SMILES string of the molecule is CC(C)OC1=C(N)C=C([N+](=O)[O-])C(N)(CCN(C)C)N1. The molecule has 0 aromatic heterocycles. The number of rotatable bonds is 6. The molecule has 8 nitrogen and oxygen atoms in total. The lowest BCUT2D eigenvalue weighted by molar-refractivity contribution is -0.437. The maximum absolute atomic E-state index is 11.2. The van der Waals surface area contributed by atoms with E-state index in [0.29, 0.717) is 13.0 Å². The molecule has 114 valence electrons. The zero-order valence-corrected chi connectivity index (χ0v) is 12.3. The molecule has 0 spiro atoms. The van der Waals surface area contributed by atoms with Crippen LogP contribution in [0.5, 0.6) is 0 Å². The van der Waals surface area contributed by atoms with Crippen molar-refractivity contribution < 1.29 is 9.66 Å². The molecule has 0 aromatic rings. The second-order valence-electron chi connectivity index (χ2n) is 5.39. The van der Waals surface area contributed by atoms with E-state index >= 15 is 0 Å². The Labute approximate surface area is 118 Å². The Balaban J connectivity index is 3.06. The number of hydrogen-bond acceptors (Lipinski definition) is 7. The van der Waals surface area contributed by atoms with E-state index in [9.17, 15) is 10.1 Å². The molecule has 1 heterocycles. The molecule has 0 amide bonds. The largest absolute Gasteiger partial charge is 0.475 e. The molecule has 1 aliphatic heterocycles. The Bertz CT molecular complexity index is 444. The summed E-state index contributed by atoms with van der Waals surface area (Å²) in [5.41, 5.74) is 10.7. The smallest absolute Gasteiger partial charge is 0.288 e. The van der Waals surface area contributed by atoms with Gasteiger partial charge in [0.25, 0.3) is 5.70 Å². The Morgan fingerprint density at radius 2 is 2.15 bits per heavy atom. The average Bonchev–Trinajstić information content (AvgIpc) is 2.30. The maximum atomic E-state index is 11.2. The van der Waals surface area contributed by atoms with Crippen molar-refractivity contribution in [1.29, 1.82) is 0 Å². The van der Waals surface area contributed by atoms with Gasteiger partial charge in [0.2, 0.25) is 5.88 Å². The third-order valence-electron chi connectivity index (χ3n) is 2.85. The van der Waals surface area contributed by atoms with Crippen LogP contribution in [0.3, 0.4) is 0 Å². The minimum Gasteiger partial charge on any atom is -0.475 e. The monoisotopic (exact) mass is 285 g/mol. The number of nitrogens with zero attached hydrogens (tertiary/aromatic N) is 2. The number of allylic oxidation sites excluding steroid dienone is 1. The van der Waals surface area contributed by atoms with Crippen molar-refractivity contribution in [3.05, 3.63) is 33.5 Å². The Kier molecular flexibility index (Phi) is 4.96. The summed E-state index contributed by atoms with van der Waals surface area (Å²) < 4.78 is 5.52. The normalized spacial score (nSPS) is 22.9. The summed E-state index contributed by atoms with van der Waals surface area (Å²) in [6, 6.07) is 0. The molecule has 20 heavy (non-hydrogen) atoms. The van der Waals surface area contributed by atoms with Gasteiger partial charge in [-0.25, -0.2) is 0 Å². The van der Waals surface area contributed by atoms with E-state index in [4.69, 9.17) is 16.2 Å². The first-order valence-electron chi connectivity index (χ1n) is 6.40. The molecule has 1 atom stereocenters. The van der Waals surface area contributed by atoms with Crippen molar-refractivity contribution >= 4 is 0 Å². The van der Waals surface area contributed by atoms with Gasteiger partial charge in [0.1, 0.15) is 0 Å². The van der Waals surface area contributed by atoms with Crippen LogP contribution in [0.25, 0.3) is 0 Å². The van der Waals surface area contributed by atoms with Gasteiger partial charge in [-0.15, -0.1) is 0 Å². The highest BCUT2D eigenvalue weighted by atomic mass is 16.6. The van der Waals surface area contributed by atoms with Crippen molar-refractivity contribution in [3.8, 4) is 0 Å². The molecule has 0 radical (unpaired) electrons. The Morgan fingerprint density at radius 3 is 2.60 bits per heavy atom. The molecule has 1 rings (SSSR count). The predicted molar refractivity (Wildman–Crippen MR) is 75.7 cm³/mol. The summed E-state index contributed by atoms with van der Waals surface area (Å²) in [5.74, 6) is 0.284. The van der Waals surface area contributed by atoms with Gasteiger partial charge in [-0.1, -0.05) is 0 Å². The van der Waals surface area contributed by atoms with Crippen LogP contribution in [-0.4, -0.2) is 42.2 Å². The van der Waals surface area contributed by atoms with Gasteiger partial charge in [0.15, 0.2) is 5.66 Å². The van der Waals surface area contributed by atoms with Crippen molar-refractivity contribution in [3.63, 3.8) is 0 Å². The first-order chi connectivity index (χ1) is 9.15. The number of hydrogen-bond donors (Lipinski definition) is 3. The molecule has 0 fully saturated rings. The summed E-state index contributed by atoms with van der Waals surface area (Å²) in [5, 5.41) is 14.0. The highest BCUT2D eigenvalue weighted by Gasteiger charge is 2.43. The number of ether oxygens (including phenoxy) is 1. The van der Waals surface area contributed by atoms with Gasteiger partial charge in [-0.3, -0.25) is 15.8 Å². The number of nitrogens with one attached hydrogen (secondary N) is 1. The standard InChI is InChI=1S/C12H23N5O3/c1-8(2)20-11-9(13)7-10(17(18)19)12(14,15-11)5-6-16(3)4/h7-8,15H,5-6,13-14H2,1-4H3. The second-order valence-corrected chi connectivity index (χ2v) is 5.39. The van der Waals surface area contributed by atoms with E-state index in [0.717, 1.165) is 0 Å². The number of nitrogens with two attached hydrogens (primary N) is 2. The summed E-state index contributed by atoms with van der Waals surface area (Å²) in [4.78, 5) is 12.6. The molecule has 0 saturated heterocycles. The molecule has 5 N–H and O–H groups in total. The first kappa shape index (κ1) is 16.3. The van der Waals surface area contributed by atoms with E-state index in [-0.39, 0.29) is 23.4 Å². The fraction of sp³-hybridized carbons (Fsp3) is 0.667. The fourth-order valence-electron chi connectivity index (χ4n) is 1.82. The lowest BCUT2D eigenvalue weighted by atomic mass is 9.99. The third-order valence-corrected chi connectivity index (χ3v) is 2.85. The van der Waals surface area contributed by atoms with Gasteiger partial charge in [0.05, 0.1) is 16.7 Å². The fourth-order valence-corrected chi connectivity index (χ4v) is 1.82. The summed E-state index contributed by atoms with van der Waals surface area (Å²) >= 11 is 0. The van der Waals surface area contributed by atoms with Gasteiger partial charge < -0.3 is 20.7 Å². The van der Waals surface area contributed by atoms with Crippen LogP contribution in [0.1, 0.15) is 20.3 Å². The van der Waals surface area contributed by atoms with Gasteiger partial charge in [-0.2, -0.15) is 0 Å². The highest BCUT2D eigenvalue weighted by Crippen LogP contribution is 2.25. The summed E-state index contributed by atoms with van der Waals surface area (Å²) in [6.45, 7) is 4.27. The number of dihydropyridines is 1. The second kappa shape index (κ2) is 6.10. The average molecular weight is 285 g/mol. The van der Waals surface area contributed by atoms with Crippen LogP contribution in [0.4, 0.5) is 0 Å². The van der Waals surface area contributed by atoms with Crippen LogP contribution in [-0.2, 0) is 4.74 Å². The van der Waals surface area contributed by atoms with Crippen molar-refractivity contribution in [2.45, 2.75) is 32.0 Å². The van der Waals surface area contributed by atoms with Gasteiger partial charge in [0, 0.05) is 19.0 Å². The molecule has 0 aromatic carbocycles. The van der Waals surface area contributed by atoms with Crippen molar-refractivity contribution in [2.24, 2.45) is 11.5 Å².